The van der Waals surface area contributed by atoms with E-state index in [1.165, 1.54) is 14.2 Å². The number of ether oxygens (including phenoxy) is 3. The maximum absolute atomic E-state index is 12.2. The molecule has 2 rings (SSSR count). The van der Waals surface area contributed by atoms with Crippen molar-refractivity contribution in [1.29, 1.82) is 0 Å². The summed E-state index contributed by atoms with van der Waals surface area (Å²) in [5, 5.41) is 0. The summed E-state index contributed by atoms with van der Waals surface area (Å²) in [4.78, 5) is 38.9. The Morgan fingerprint density at radius 2 is 1.80 bits per heavy atom. The number of nitrogens with one attached hydrogen (secondary N) is 1. The molecule has 7 heteroatoms. The van der Waals surface area contributed by atoms with Crippen LogP contribution in [0.2, 0.25) is 0 Å². The minimum atomic E-state index is -0.716. The normalized spacial score (nSPS) is 10.2. The van der Waals surface area contributed by atoms with Gasteiger partial charge in [-0.1, -0.05) is 12.1 Å². The summed E-state index contributed by atoms with van der Waals surface area (Å²) in [7, 11) is 2.76. The van der Waals surface area contributed by atoms with Crippen molar-refractivity contribution in [3.05, 3.63) is 52.3 Å². The van der Waals surface area contributed by atoms with Gasteiger partial charge >= 0.3 is 11.9 Å². The minimum absolute atomic E-state index is 0.122. The fraction of sp³-hybridized carbons (Fsp3) is 0.278. The van der Waals surface area contributed by atoms with Gasteiger partial charge in [-0.25, -0.2) is 9.59 Å². The third-order valence-electron chi connectivity index (χ3n) is 3.76. The Morgan fingerprint density at radius 3 is 2.44 bits per heavy atom. The second-order valence-corrected chi connectivity index (χ2v) is 5.35. The van der Waals surface area contributed by atoms with Crippen LogP contribution in [0.3, 0.4) is 0 Å². The molecule has 7 nitrogen and oxygen atoms in total. The smallest absolute Gasteiger partial charge is 0.355 e. The summed E-state index contributed by atoms with van der Waals surface area (Å²) < 4.78 is 14.8. The fourth-order valence-electron chi connectivity index (χ4n) is 2.45. The van der Waals surface area contributed by atoms with E-state index in [0.29, 0.717) is 22.6 Å². The number of ketones is 1. The van der Waals surface area contributed by atoms with Crippen LogP contribution in [0.5, 0.6) is 5.75 Å². The summed E-state index contributed by atoms with van der Waals surface area (Å²) in [6.45, 7) is 2.84. The van der Waals surface area contributed by atoms with Crippen LogP contribution in [0.15, 0.2) is 24.3 Å². The molecule has 0 aliphatic heterocycles. The quantitative estimate of drug-likeness (QED) is 0.638. The molecule has 25 heavy (non-hydrogen) atoms. The Kier molecular flexibility index (Phi) is 5.59. The average molecular weight is 345 g/mol. The number of aryl methyl sites for hydroxylation is 1. The van der Waals surface area contributed by atoms with Gasteiger partial charge in [0.25, 0.3) is 0 Å². The Bertz CT molecular complexity index is 821. The average Bonchev–Trinajstić information content (AvgIpc) is 2.93. The predicted octanol–water partition coefficient (Wildman–Crippen LogP) is 2.47. The van der Waals surface area contributed by atoms with Crippen LogP contribution in [0.1, 0.15) is 42.5 Å². The lowest BCUT2D eigenvalue weighted by molar-refractivity contribution is 0.0468. The lowest BCUT2D eigenvalue weighted by atomic mass is 10.1. The number of hydrogen-bond donors (Lipinski definition) is 1. The number of hydrogen-bond acceptors (Lipinski definition) is 6. The molecule has 0 amide bonds. The largest absolute Gasteiger partial charge is 0.497 e. The van der Waals surface area contributed by atoms with E-state index in [1.807, 2.05) is 0 Å². The first-order valence-corrected chi connectivity index (χ1v) is 7.50. The summed E-state index contributed by atoms with van der Waals surface area (Å²) in [6.07, 6.45) is 0. The van der Waals surface area contributed by atoms with E-state index >= 15 is 0 Å². The van der Waals surface area contributed by atoms with E-state index < -0.39 is 18.5 Å². The fourth-order valence-corrected chi connectivity index (χ4v) is 2.45. The zero-order chi connectivity index (χ0) is 18.6. The van der Waals surface area contributed by atoms with Crippen molar-refractivity contribution in [3.8, 4) is 5.75 Å². The number of Topliss-reactive ketones (excluding diaryl/α,β-unsaturated/α-hetero) is 1. The van der Waals surface area contributed by atoms with Gasteiger partial charge in [0.2, 0.25) is 0 Å². The number of carbonyl (C=O) groups is 3. The maximum Gasteiger partial charge on any atom is 0.355 e. The number of aromatic nitrogens is 1. The third-order valence-corrected chi connectivity index (χ3v) is 3.76. The second-order valence-electron chi connectivity index (χ2n) is 5.35. The number of carbonyl (C=O) groups excluding carboxylic acids is 3. The first-order valence-electron chi connectivity index (χ1n) is 7.50. The Balaban J connectivity index is 2.10. The molecule has 0 fully saturated rings. The molecule has 0 aliphatic carbocycles. The highest BCUT2D eigenvalue weighted by atomic mass is 16.5. The van der Waals surface area contributed by atoms with E-state index in [1.54, 1.807) is 38.1 Å². The molecule has 1 heterocycles. The van der Waals surface area contributed by atoms with Crippen molar-refractivity contribution < 1.29 is 28.6 Å². The monoisotopic (exact) mass is 345 g/mol. The van der Waals surface area contributed by atoms with Gasteiger partial charge in [0, 0.05) is 11.3 Å². The van der Waals surface area contributed by atoms with Crippen LogP contribution in [0.25, 0.3) is 0 Å². The van der Waals surface area contributed by atoms with Crippen LogP contribution >= 0.6 is 0 Å². The zero-order valence-corrected chi connectivity index (χ0v) is 14.5. The molecule has 1 aromatic heterocycles. The number of H-pyrrole nitrogens is 1. The number of rotatable bonds is 6. The van der Waals surface area contributed by atoms with Crippen LogP contribution in [-0.2, 0) is 9.47 Å². The van der Waals surface area contributed by atoms with Gasteiger partial charge in [-0.15, -0.1) is 0 Å². The van der Waals surface area contributed by atoms with E-state index in [-0.39, 0.29) is 17.0 Å². The first-order chi connectivity index (χ1) is 11.9. The van der Waals surface area contributed by atoms with Gasteiger partial charge in [0.05, 0.1) is 19.8 Å². The van der Waals surface area contributed by atoms with Gasteiger partial charge in [-0.2, -0.15) is 0 Å². The zero-order valence-electron chi connectivity index (χ0n) is 14.5. The highest BCUT2D eigenvalue weighted by molar-refractivity contribution is 6.01. The third kappa shape index (κ3) is 3.88. The van der Waals surface area contributed by atoms with Gasteiger partial charge in [0.1, 0.15) is 11.4 Å². The first kappa shape index (κ1) is 18.3. The van der Waals surface area contributed by atoms with Crippen LogP contribution in [0.4, 0.5) is 0 Å². The summed E-state index contributed by atoms with van der Waals surface area (Å²) >= 11 is 0. The Hall–Kier alpha value is -3.09. The molecular formula is C18H19NO6. The van der Waals surface area contributed by atoms with Crippen LogP contribution < -0.4 is 4.74 Å². The van der Waals surface area contributed by atoms with Gasteiger partial charge in [0.15, 0.2) is 12.4 Å². The number of aromatic amines is 1. The highest BCUT2D eigenvalue weighted by Gasteiger charge is 2.24. The molecule has 0 saturated carbocycles. The van der Waals surface area contributed by atoms with Gasteiger partial charge in [-0.05, 0) is 31.5 Å². The predicted molar refractivity (Wildman–Crippen MR) is 89.2 cm³/mol. The molecule has 0 spiro atoms. The van der Waals surface area contributed by atoms with E-state index in [4.69, 9.17) is 14.2 Å². The SMILES string of the molecule is COC(=O)c1c(C)[nH]c(C(=O)OCC(=O)c2cccc(OC)c2)c1C. The van der Waals surface area contributed by atoms with Gasteiger partial charge < -0.3 is 19.2 Å². The van der Waals surface area contributed by atoms with Crippen molar-refractivity contribution in [2.75, 3.05) is 20.8 Å². The maximum atomic E-state index is 12.2. The highest BCUT2D eigenvalue weighted by Crippen LogP contribution is 2.20. The molecule has 1 aromatic carbocycles. The lowest BCUT2D eigenvalue weighted by Gasteiger charge is -2.06. The number of esters is 2. The summed E-state index contributed by atoms with van der Waals surface area (Å²) in [6, 6.07) is 6.56. The van der Waals surface area contributed by atoms with Crippen molar-refractivity contribution in [3.63, 3.8) is 0 Å². The molecule has 132 valence electrons. The molecule has 0 bridgehead atoms. The molecule has 0 radical (unpaired) electrons. The molecule has 0 unspecified atom stereocenters. The topological polar surface area (TPSA) is 94.7 Å². The summed E-state index contributed by atoms with van der Waals surface area (Å²) in [5.41, 5.74) is 1.70. The summed E-state index contributed by atoms with van der Waals surface area (Å²) in [5.74, 6) is -1.08. The second kappa shape index (κ2) is 7.65. The van der Waals surface area contributed by atoms with Gasteiger partial charge in [-0.3, -0.25) is 4.79 Å². The molecule has 1 N–H and O–H groups in total. The molecule has 0 atom stereocenters. The van der Waals surface area contributed by atoms with Crippen LogP contribution in [0, 0.1) is 13.8 Å². The number of benzene rings is 1. The van der Waals surface area contributed by atoms with Crippen molar-refractivity contribution in [2.45, 2.75) is 13.8 Å². The Labute approximate surface area is 144 Å². The molecule has 2 aromatic rings. The molecular weight excluding hydrogens is 326 g/mol. The minimum Gasteiger partial charge on any atom is -0.497 e. The van der Waals surface area contributed by atoms with E-state index in [0.717, 1.165) is 0 Å². The Morgan fingerprint density at radius 1 is 1.08 bits per heavy atom. The van der Waals surface area contributed by atoms with Crippen molar-refractivity contribution in [2.24, 2.45) is 0 Å². The standard InChI is InChI=1S/C18H19NO6/c1-10-15(17(21)24-4)11(2)19-16(10)18(22)25-9-14(20)12-6-5-7-13(8-12)23-3/h5-8,19H,9H2,1-4H3. The van der Waals surface area contributed by atoms with E-state index in [2.05, 4.69) is 4.98 Å². The molecule has 0 aliphatic rings. The molecule has 0 saturated heterocycles. The van der Waals surface area contributed by atoms with Crippen molar-refractivity contribution >= 4 is 17.7 Å². The number of methoxy groups -OCH3 is 2. The van der Waals surface area contributed by atoms with Crippen molar-refractivity contribution in [1.82, 2.24) is 4.98 Å². The van der Waals surface area contributed by atoms with Crippen LogP contribution in [-0.4, -0.2) is 43.5 Å². The lowest BCUT2D eigenvalue weighted by Crippen LogP contribution is -2.15. The van der Waals surface area contributed by atoms with E-state index in [9.17, 15) is 14.4 Å².